The van der Waals surface area contributed by atoms with Crippen LogP contribution in [0.5, 0.6) is 17.2 Å². The summed E-state index contributed by atoms with van der Waals surface area (Å²) in [7, 11) is 0. The standard InChI is InChI=1S/C20H24Cl2N2O4/c1-2-9-24(20(23)26)14-5-7-16(8-6-14)27-10-3-4-11-28-19-17(21)12-15(25)13-18(19)22/h5-8,12-13,25H,2-4,9-11H2,1H3,(H2,23,26). The Balaban J connectivity index is 1.73. The van der Waals surface area contributed by atoms with E-state index in [1.54, 1.807) is 0 Å². The topological polar surface area (TPSA) is 85.0 Å². The van der Waals surface area contributed by atoms with Crippen LogP contribution >= 0.6 is 23.2 Å². The average Bonchev–Trinajstić information content (AvgIpc) is 2.64. The fraction of sp³-hybridized carbons (Fsp3) is 0.350. The van der Waals surface area contributed by atoms with Crippen LogP contribution in [0.3, 0.4) is 0 Å². The smallest absolute Gasteiger partial charge is 0.319 e. The summed E-state index contributed by atoms with van der Waals surface area (Å²) in [4.78, 5) is 13.0. The number of nitrogens with two attached hydrogens (primary N) is 1. The van der Waals surface area contributed by atoms with Gasteiger partial charge in [0.1, 0.15) is 11.5 Å². The number of hydrogen-bond acceptors (Lipinski definition) is 4. The van der Waals surface area contributed by atoms with Crippen LogP contribution in [0.2, 0.25) is 10.0 Å². The van der Waals surface area contributed by atoms with E-state index in [4.69, 9.17) is 38.4 Å². The van der Waals surface area contributed by atoms with Crippen molar-refractivity contribution in [2.24, 2.45) is 5.73 Å². The molecule has 0 heterocycles. The molecule has 8 heteroatoms. The van der Waals surface area contributed by atoms with Crippen molar-refractivity contribution in [2.45, 2.75) is 26.2 Å². The second-order valence-corrected chi connectivity index (χ2v) is 6.94. The highest BCUT2D eigenvalue weighted by atomic mass is 35.5. The Kier molecular flexibility index (Phi) is 8.54. The van der Waals surface area contributed by atoms with E-state index in [9.17, 15) is 9.90 Å². The van der Waals surface area contributed by atoms with Gasteiger partial charge in [-0.1, -0.05) is 30.1 Å². The molecule has 0 aliphatic carbocycles. The number of aromatic hydroxyl groups is 1. The van der Waals surface area contributed by atoms with Gasteiger partial charge in [0, 0.05) is 24.4 Å². The molecule has 0 spiro atoms. The van der Waals surface area contributed by atoms with Crippen LogP contribution in [-0.2, 0) is 0 Å². The molecule has 3 N–H and O–H groups in total. The maximum Gasteiger partial charge on any atom is 0.319 e. The van der Waals surface area contributed by atoms with Gasteiger partial charge in [-0.05, 0) is 43.5 Å². The Labute approximate surface area is 174 Å². The Morgan fingerprint density at radius 2 is 1.64 bits per heavy atom. The van der Waals surface area contributed by atoms with Gasteiger partial charge in [-0.15, -0.1) is 0 Å². The second kappa shape index (κ2) is 10.9. The molecule has 0 radical (unpaired) electrons. The monoisotopic (exact) mass is 426 g/mol. The normalized spacial score (nSPS) is 10.5. The summed E-state index contributed by atoms with van der Waals surface area (Å²) in [5.74, 6) is 1.08. The van der Waals surface area contributed by atoms with Gasteiger partial charge in [-0.3, -0.25) is 4.90 Å². The second-order valence-electron chi connectivity index (χ2n) is 6.13. The molecule has 6 nitrogen and oxygen atoms in total. The number of carbonyl (C=O) groups excluding carboxylic acids is 1. The van der Waals surface area contributed by atoms with Crippen LogP contribution in [0, 0.1) is 0 Å². The van der Waals surface area contributed by atoms with Crippen molar-refractivity contribution in [1.82, 2.24) is 0 Å². The number of carbonyl (C=O) groups is 1. The van der Waals surface area contributed by atoms with E-state index >= 15 is 0 Å². The van der Waals surface area contributed by atoms with Crippen LogP contribution in [0.15, 0.2) is 36.4 Å². The van der Waals surface area contributed by atoms with Crippen molar-refractivity contribution >= 4 is 34.9 Å². The molecule has 0 fully saturated rings. The number of anilines is 1. The summed E-state index contributed by atoms with van der Waals surface area (Å²) in [6.45, 7) is 3.51. The Morgan fingerprint density at radius 3 is 2.18 bits per heavy atom. The van der Waals surface area contributed by atoms with Crippen LogP contribution in [0.1, 0.15) is 26.2 Å². The van der Waals surface area contributed by atoms with Crippen molar-refractivity contribution in [2.75, 3.05) is 24.7 Å². The molecule has 2 aromatic carbocycles. The lowest BCUT2D eigenvalue weighted by molar-refractivity contribution is 0.254. The first kappa shape index (κ1) is 22.0. The Hall–Kier alpha value is -2.31. The zero-order valence-corrected chi connectivity index (χ0v) is 17.2. The van der Waals surface area contributed by atoms with Crippen LogP contribution in [0.25, 0.3) is 0 Å². The van der Waals surface area contributed by atoms with E-state index < -0.39 is 6.03 Å². The average molecular weight is 427 g/mol. The molecular weight excluding hydrogens is 403 g/mol. The van der Waals surface area contributed by atoms with Gasteiger partial charge in [-0.25, -0.2) is 4.79 Å². The van der Waals surface area contributed by atoms with Gasteiger partial charge in [-0.2, -0.15) is 0 Å². The predicted molar refractivity (Wildman–Crippen MR) is 112 cm³/mol. The SMILES string of the molecule is CCCN(C(N)=O)c1ccc(OCCCCOc2c(Cl)cc(O)cc2Cl)cc1. The van der Waals surface area contributed by atoms with E-state index in [2.05, 4.69) is 0 Å². The first-order chi connectivity index (χ1) is 13.4. The molecule has 152 valence electrons. The number of halogens is 2. The number of phenols is 1. The Morgan fingerprint density at radius 1 is 1.07 bits per heavy atom. The van der Waals surface area contributed by atoms with Crippen molar-refractivity contribution in [3.8, 4) is 17.2 Å². The van der Waals surface area contributed by atoms with E-state index in [1.807, 2.05) is 31.2 Å². The third kappa shape index (κ3) is 6.39. The van der Waals surface area contributed by atoms with Crippen molar-refractivity contribution in [3.05, 3.63) is 46.4 Å². The fourth-order valence-electron chi connectivity index (χ4n) is 2.57. The molecular formula is C20H24Cl2N2O4. The van der Waals surface area contributed by atoms with Crippen molar-refractivity contribution in [3.63, 3.8) is 0 Å². The summed E-state index contributed by atoms with van der Waals surface area (Å²) in [5.41, 5.74) is 6.15. The van der Waals surface area contributed by atoms with E-state index in [-0.39, 0.29) is 15.8 Å². The maximum atomic E-state index is 11.5. The number of phenolic OH excluding ortho intramolecular Hbond substituents is 1. The van der Waals surface area contributed by atoms with Gasteiger partial charge in [0.2, 0.25) is 0 Å². The van der Waals surface area contributed by atoms with Crippen molar-refractivity contribution < 1.29 is 19.4 Å². The predicted octanol–water partition coefficient (Wildman–Crippen LogP) is 5.23. The summed E-state index contributed by atoms with van der Waals surface area (Å²) in [5, 5.41) is 9.95. The van der Waals surface area contributed by atoms with Gasteiger partial charge in [0.25, 0.3) is 0 Å². The van der Waals surface area contributed by atoms with Gasteiger partial charge in [0.05, 0.1) is 23.3 Å². The number of primary amides is 1. The number of nitrogens with zero attached hydrogens (tertiary/aromatic N) is 1. The number of rotatable bonds is 10. The first-order valence-corrected chi connectivity index (χ1v) is 9.78. The molecule has 0 unspecified atom stereocenters. The van der Waals surface area contributed by atoms with Crippen molar-refractivity contribution in [1.29, 1.82) is 0 Å². The number of unbranched alkanes of at least 4 members (excludes halogenated alkanes) is 1. The zero-order chi connectivity index (χ0) is 20.5. The first-order valence-electron chi connectivity index (χ1n) is 9.03. The molecule has 2 rings (SSSR count). The molecule has 0 aromatic heterocycles. The van der Waals surface area contributed by atoms with E-state index in [0.29, 0.717) is 25.5 Å². The number of hydrogen-bond donors (Lipinski definition) is 2. The van der Waals surface area contributed by atoms with Gasteiger partial charge in [0.15, 0.2) is 5.75 Å². The molecule has 0 bridgehead atoms. The van der Waals surface area contributed by atoms with Crippen LogP contribution in [-0.4, -0.2) is 30.9 Å². The number of ether oxygens (including phenoxy) is 2. The molecule has 2 aromatic rings. The minimum absolute atomic E-state index is 0.00425. The van der Waals surface area contributed by atoms with E-state index in [0.717, 1.165) is 30.7 Å². The van der Waals surface area contributed by atoms with Crippen LogP contribution < -0.4 is 20.1 Å². The number of amides is 2. The number of urea groups is 1. The highest BCUT2D eigenvalue weighted by Crippen LogP contribution is 2.36. The fourth-order valence-corrected chi connectivity index (χ4v) is 3.15. The summed E-state index contributed by atoms with van der Waals surface area (Å²) >= 11 is 12.0. The number of benzene rings is 2. The molecule has 0 atom stereocenters. The van der Waals surface area contributed by atoms with Crippen LogP contribution in [0.4, 0.5) is 10.5 Å². The third-order valence-corrected chi connectivity index (χ3v) is 4.46. The lowest BCUT2D eigenvalue weighted by Crippen LogP contribution is -2.36. The summed E-state index contributed by atoms with van der Waals surface area (Å²) in [6.07, 6.45) is 2.35. The highest BCUT2D eigenvalue weighted by molar-refractivity contribution is 6.37. The summed E-state index contributed by atoms with van der Waals surface area (Å²) < 4.78 is 11.3. The lowest BCUT2D eigenvalue weighted by atomic mass is 10.2. The van der Waals surface area contributed by atoms with Gasteiger partial charge < -0.3 is 20.3 Å². The van der Waals surface area contributed by atoms with Gasteiger partial charge >= 0.3 is 6.03 Å². The summed E-state index contributed by atoms with van der Waals surface area (Å²) in [6, 6.07) is 9.55. The minimum Gasteiger partial charge on any atom is -0.508 e. The molecule has 0 saturated heterocycles. The molecule has 2 amide bonds. The molecule has 0 aliphatic rings. The largest absolute Gasteiger partial charge is 0.508 e. The quantitative estimate of drug-likeness (QED) is 0.509. The molecule has 0 saturated carbocycles. The molecule has 0 aliphatic heterocycles. The minimum atomic E-state index is -0.468. The Bertz CT molecular complexity index is 761. The van der Waals surface area contributed by atoms with E-state index in [1.165, 1.54) is 17.0 Å². The highest BCUT2D eigenvalue weighted by Gasteiger charge is 2.11. The lowest BCUT2D eigenvalue weighted by Gasteiger charge is -2.20. The third-order valence-electron chi connectivity index (χ3n) is 3.90. The molecule has 28 heavy (non-hydrogen) atoms. The maximum absolute atomic E-state index is 11.5. The zero-order valence-electron chi connectivity index (χ0n) is 15.7.